The Bertz CT molecular complexity index is 911. The first-order valence-electron chi connectivity index (χ1n) is 8.86. The summed E-state index contributed by atoms with van der Waals surface area (Å²) in [6.45, 7) is 5.97. The zero-order valence-electron chi connectivity index (χ0n) is 16.3. The summed E-state index contributed by atoms with van der Waals surface area (Å²) in [6.07, 6.45) is 0.443. The third kappa shape index (κ3) is 4.11. The highest BCUT2D eigenvalue weighted by Gasteiger charge is 2.37. The number of benzene rings is 1. The van der Waals surface area contributed by atoms with Gasteiger partial charge in [-0.25, -0.2) is 9.78 Å². The fourth-order valence-corrected chi connectivity index (χ4v) is 4.07. The molecule has 0 N–H and O–H groups in total. The summed E-state index contributed by atoms with van der Waals surface area (Å²) < 4.78 is 5.61. The second kappa shape index (κ2) is 7.27. The van der Waals surface area contributed by atoms with Gasteiger partial charge in [-0.3, -0.25) is 4.79 Å². The Morgan fingerprint density at radius 1 is 1.19 bits per heavy atom. The molecule has 0 saturated carbocycles. The van der Waals surface area contributed by atoms with Crippen LogP contribution in [0.5, 0.6) is 0 Å². The van der Waals surface area contributed by atoms with Crippen LogP contribution in [-0.4, -0.2) is 35.9 Å². The van der Waals surface area contributed by atoms with Crippen molar-refractivity contribution in [2.24, 2.45) is 5.41 Å². The first-order valence-corrected chi connectivity index (χ1v) is 9.68. The Kier molecular flexibility index (Phi) is 5.20. The molecule has 0 atom stereocenters. The van der Waals surface area contributed by atoms with E-state index in [0.717, 1.165) is 15.4 Å². The van der Waals surface area contributed by atoms with Crippen molar-refractivity contribution in [1.29, 1.82) is 0 Å². The van der Waals surface area contributed by atoms with Crippen molar-refractivity contribution in [2.45, 2.75) is 33.6 Å². The lowest BCUT2D eigenvalue weighted by Crippen LogP contribution is -2.30. The molecule has 0 fully saturated rings. The highest BCUT2D eigenvalue weighted by Crippen LogP contribution is 2.43. The van der Waals surface area contributed by atoms with E-state index in [9.17, 15) is 9.59 Å². The van der Waals surface area contributed by atoms with Gasteiger partial charge in [-0.1, -0.05) is 44.2 Å². The maximum atomic E-state index is 13.0. The van der Waals surface area contributed by atoms with Crippen LogP contribution in [0.2, 0.25) is 0 Å². The molecule has 0 aliphatic heterocycles. The smallest absolute Gasteiger partial charge is 0.414 e. The third-order valence-corrected chi connectivity index (χ3v) is 5.49. The summed E-state index contributed by atoms with van der Waals surface area (Å²) >= 11 is 1.54. The number of amides is 1. The molecule has 6 heteroatoms. The van der Waals surface area contributed by atoms with E-state index < -0.39 is 6.09 Å². The fourth-order valence-electron chi connectivity index (χ4n) is 3.14. The molecular formula is C21H24N2O3S. The number of carbonyl (C=O) groups is 2. The summed E-state index contributed by atoms with van der Waals surface area (Å²) in [5.41, 5.74) is 1.82. The zero-order valence-corrected chi connectivity index (χ0v) is 17.1. The number of aryl methyl sites for hydroxylation is 1. The number of thiazole rings is 1. The van der Waals surface area contributed by atoms with E-state index in [1.54, 1.807) is 25.4 Å². The van der Waals surface area contributed by atoms with Gasteiger partial charge < -0.3 is 9.64 Å². The monoisotopic (exact) mass is 384 g/mol. The predicted molar refractivity (Wildman–Crippen MR) is 107 cm³/mol. The molecule has 1 aromatic heterocycles. The average molecular weight is 385 g/mol. The van der Waals surface area contributed by atoms with Gasteiger partial charge >= 0.3 is 6.09 Å². The van der Waals surface area contributed by atoms with Crippen molar-refractivity contribution in [3.8, 4) is 10.6 Å². The lowest BCUT2D eigenvalue weighted by molar-refractivity contribution is -0.116. The van der Waals surface area contributed by atoms with Crippen LogP contribution in [0.1, 0.15) is 37.3 Å². The van der Waals surface area contributed by atoms with Crippen LogP contribution in [0.25, 0.3) is 16.1 Å². The fraction of sp³-hybridized carbons (Fsp3) is 0.381. The van der Waals surface area contributed by atoms with E-state index in [1.165, 1.54) is 4.90 Å². The van der Waals surface area contributed by atoms with Crippen LogP contribution in [0.4, 0.5) is 4.79 Å². The molecule has 1 heterocycles. The van der Waals surface area contributed by atoms with Crippen LogP contribution in [0, 0.1) is 12.3 Å². The van der Waals surface area contributed by atoms with Crippen molar-refractivity contribution < 1.29 is 14.3 Å². The second-order valence-electron chi connectivity index (χ2n) is 7.79. The van der Waals surface area contributed by atoms with Gasteiger partial charge in [-0.2, -0.15) is 0 Å². The number of aromatic nitrogens is 1. The van der Waals surface area contributed by atoms with Crippen LogP contribution in [0.3, 0.4) is 0 Å². The molecule has 0 saturated heterocycles. The van der Waals surface area contributed by atoms with E-state index in [1.807, 2.05) is 51.1 Å². The van der Waals surface area contributed by atoms with E-state index in [4.69, 9.17) is 9.72 Å². The minimum Gasteiger partial charge on any atom is -0.414 e. The van der Waals surface area contributed by atoms with Gasteiger partial charge in [0.15, 0.2) is 5.78 Å². The van der Waals surface area contributed by atoms with Gasteiger partial charge in [-0.05, 0) is 12.3 Å². The third-order valence-electron chi connectivity index (χ3n) is 4.47. The van der Waals surface area contributed by atoms with E-state index in [0.29, 0.717) is 29.9 Å². The molecule has 3 rings (SSSR count). The lowest BCUT2D eigenvalue weighted by atomic mass is 9.76. The topological polar surface area (TPSA) is 59.5 Å². The lowest BCUT2D eigenvalue weighted by Gasteiger charge is -2.31. The van der Waals surface area contributed by atoms with Crippen molar-refractivity contribution in [1.82, 2.24) is 9.88 Å². The minimum absolute atomic E-state index is 0.0270. The Morgan fingerprint density at radius 2 is 1.85 bits per heavy atom. The van der Waals surface area contributed by atoms with E-state index >= 15 is 0 Å². The minimum atomic E-state index is -0.482. The number of allylic oxidation sites excluding steroid dienone is 2. The van der Waals surface area contributed by atoms with Crippen molar-refractivity contribution in [3.63, 3.8) is 0 Å². The SMILES string of the molecule is Cc1sc(-c2ccccc2)nc1C1=C(OC(=O)N(C)C)CC(C)(C)CC1=O. The van der Waals surface area contributed by atoms with Gasteiger partial charge in [0, 0.05) is 37.4 Å². The predicted octanol–water partition coefficient (Wildman–Crippen LogP) is 4.92. The molecule has 1 aromatic carbocycles. The Balaban J connectivity index is 2.10. The maximum Gasteiger partial charge on any atom is 0.414 e. The summed E-state index contributed by atoms with van der Waals surface area (Å²) in [7, 11) is 3.25. The number of carbonyl (C=O) groups excluding carboxylic acids is 2. The Labute approximate surface area is 163 Å². The molecule has 27 heavy (non-hydrogen) atoms. The summed E-state index contributed by atoms with van der Waals surface area (Å²) in [5, 5.41) is 0.853. The average Bonchev–Trinajstić information content (AvgIpc) is 2.95. The first-order chi connectivity index (χ1) is 12.7. The van der Waals surface area contributed by atoms with E-state index in [2.05, 4.69) is 0 Å². The molecule has 142 valence electrons. The normalized spacial score (nSPS) is 16.4. The zero-order chi connectivity index (χ0) is 19.8. The standard InChI is InChI=1S/C21H24N2O3S/c1-13-18(22-19(27-13)14-9-7-6-8-10-14)17-15(24)11-21(2,3)12-16(17)26-20(25)23(4)5/h6-10H,11-12H2,1-5H3. The van der Waals surface area contributed by atoms with Crippen LogP contribution in [0.15, 0.2) is 36.1 Å². The quantitative estimate of drug-likeness (QED) is 0.754. The molecule has 0 radical (unpaired) electrons. The van der Waals surface area contributed by atoms with Gasteiger partial charge in [0.2, 0.25) is 0 Å². The number of ketones is 1. The highest BCUT2D eigenvalue weighted by atomic mass is 32.1. The summed E-state index contributed by atoms with van der Waals surface area (Å²) in [4.78, 5) is 32.2. The summed E-state index contributed by atoms with van der Waals surface area (Å²) in [6, 6.07) is 9.87. The second-order valence-corrected chi connectivity index (χ2v) is 8.99. The number of ether oxygens (including phenoxy) is 1. The Hall–Kier alpha value is -2.47. The highest BCUT2D eigenvalue weighted by molar-refractivity contribution is 7.15. The van der Waals surface area contributed by atoms with Crippen LogP contribution >= 0.6 is 11.3 Å². The molecule has 2 aromatic rings. The molecule has 1 aliphatic rings. The van der Waals surface area contributed by atoms with Gasteiger partial charge in [0.05, 0.1) is 11.3 Å². The number of Topliss-reactive ketones (excluding diaryl/α,β-unsaturated/α-hetero) is 1. The molecule has 0 bridgehead atoms. The van der Waals surface area contributed by atoms with Crippen molar-refractivity contribution in [3.05, 3.63) is 46.7 Å². The molecule has 0 unspecified atom stereocenters. The van der Waals surface area contributed by atoms with E-state index in [-0.39, 0.29) is 11.2 Å². The maximum absolute atomic E-state index is 13.0. The molecule has 0 spiro atoms. The molecular weight excluding hydrogens is 360 g/mol. The van der Waals surface area contributed by atoms with Crippen LogP contribution < -0.4 is 0 Å². The summed E-state index contributed by atoms with van der Waals surface area (Å²) in [5.74, 6) is 0.392. The largest absolute Gasteiger partial charge is 0.414 e. The van der Waals surface area contributed by atoms with Gasteiger partial charge in [-0.15, -0.1) is 11.3 Å². The van der Waals surface area contributed by atoms with Crippen molar-refractivity contribution >= 4 is 28.8 Å². The van der Waals surface area contributed by atoms with Crippen LogP contribution in [-0.2, 0) is 9.53 Å². The first kappa shape index (κ1) is 19.3. The number of rotatable bonds is 3. The number of nitrogens with zero attached hydrogens (tertiary/aromatic N) is 2. The molecule has 1 aliphatic carbocycles. The number of hydrogen-bond donors (Lipinski definition) is 0. The molecule has 1 amide bonds. The molecule has 5 nitrogen and oxygen atoms in total. The van der Waals surface area contributed by atoms with Gasteiger partial charge in [0.1, 0.15) is 10.8 Å². The Morgan fingerprint density at radius 3 is 2.48 bits per heavy atom. The van der Waals surface area contributed by atoms with Gasteiger partial charge in [0.25, 0.3) is 0 Å². The number of hydrogen-bond acceptors (Lipinski definition) is 5. The van der Waals surface area contributed by atoms with Crippen molar-refractivity contribution in [2.75, 3.05) is 14.1 Å².